The Hall–Kier alpha value is -2.96. The van der Waals surface area contributed by atoms with E-state index in [1.54, 1.807) is 0 Å². The van der Waals surface area contributed by atoms with Crippen molar-refractivity contribution in [2.75, 3.05) is 0 Å². The molecule has 7 nitrogen and oxygen atoms in total. The van der Waals surface area contributed by atoms with Crippen LogP contribution in [0, 0.1) is 13.8 Å². The van der Waals surface area contributed by atoms with Crippen molar-refractivity contribution in [2.24, 2.45) is 0 Å². The highest BCUT2D eigenvalue weighted by molar-refractivity contribution is 5.92. The zero-order valence-corrected chi connectivity index (χ0v) is 14.7. The minimum absolute atomic E-state index is 0.212. The molecule has 130 valence electrons. The Bertz CT molecular complexity index is 865. The molecule has 1 N–H and O–H groups in total. The number of hydrogen-bond donors (Lipinski definition) is 1. The molecule has 2 aromatic heterocycles. The second kappa shape index (κ2) is 7.29. The van der Waals surface area contributed by atoms with Gasteiger partial charge in [-0.3, -0.25) is 9.48 Å². The summed E-state index contributed by atoms with van der Waals surface area (Å²) in [6, 6.07) is 9.48. The molecule has 0 fully saturated rings. The fourth-order valence-electron chi connectivity index (χ4n) is 2.83. The molecule has 0 saturated heterocycles. The van der Waals surface area contributed by atoms with E-state index in [1.807, 2.05) is 48.9 Å². The Kier molecular flexibility index (Phi) is 4.92. The molecule has 7 heteroatoms. The number of carbonyl (C=O) groups is 1. The summed E-state index contributed by atoms with van der Waals surface area (Å²) in [6.45, 7) is 7.44. The summed E-state index contributed by atoms with van der Waals surface area (Å²) in [7, 11) is 0. The van der Waals surface area contributed by atoms with Gasteiger partial charge in [-0.2, -0.15) is 5.10 Å². The van der Waals surface area contributed by atoms with Crippen LogP contribution in [0.4, 0.5) is 0 Å². The van der Waals surface area contributed by atoms with Gasteiger partial charge in [0, 0.05) is 24.3 Å². The summed E-state index contributed by atoms with van der Waals surface area (Å²) in [4.78, 5) is 12.6. The lowest BCUT2D eigenvalue weighted by molar-refractivity contribution is 0.0943. The molecule has 0 radical (unpaired) electrons. The first kappa shape index (κ1) is 16.9. The van der Waals surface area contributed by atoms with E-state index >= 15 is 0 Å². The number of aryl methyl sites for hydroxylation is 2. The molecule has 0 unspecified atom stereocenters. The average Bonchev–Trinajstić information content (AvgIpc) is 3.20. The number of benzene rings is 1. The van der Waals surface area contributed by atoms with Gasteiger partial charge in [-0.15, -0.1) is 5.10 Å². The first-order chi connectivity index (χ1) is 12.1. The van der Waals surface area contributed by atoms with E-state index in [-0.39, 0.29) is 5.91 Å². The minimum Gasteiger partial charge on any atom is -0.346 e. The van der Waals surface area contributed by atoms with Crippen LogP contribution in [0.3, 0.4) is 0 Å². The molecule has 0 aliphatic rings. The summed E-state index contributed by atoms with van der Waals surface area (Å²) in [5.74, 6) is -0.212. The Morgan fingerprint density at radius 2 is 1.96 bits per heavy atom. The molecular weight excluding hydrogens is 316 g/mol. The topological polar surface area (TPSA) is 77.6 Å². The number of aromatic nitrogens is 5. The van der Waals surface area contributed by atoms with Gasteiger partial charge >= 0.3 is 0 Å². The van der Waals surface area contributed by atoms with Crippen molar-refractivity contribution >= 4 is 5.91 Å². The number of amides is 1. The van der Waals surface area contributed by atoms with E-state index in [0.29, 0.717) is 12.2 Å². The van der Waals surface area contributed by atoms with Crippen molar-refractivity contribution in [1.29, 1.82) is 0 Å². The van der Waals surface area contributed by atoms with Crippen LogP contribution >= 0.6 is 0 Å². The van der Waals surface area contributed by atoms with E-state index < -0.39 is 0 Å². The highest BCUT2D eigenvalue weighted by Crippen LogP contribution is 2.14. The molecule has 0 saturated carbocycles. The third-order valence-electron chi connectivity index (χ3n) is 4.18. The summed E-state index contributed by atoms with van der Waals surface area (Å²) < 4.78 is 3.53. The molecule has 2 heterocycles. The molecule has 0 spiro atoms. The van der Waals surface area contributed by atoms with Gasteiger partial charge in [-0.25, -0.2) is 4.68 Å². The van der Waals surface area contributed by atoms with Gasteiger partial charge in [0.15, 0.2) is 5.69 Å². The summed E-state index contributed by atoms with van der Waals surface area (Å²) in [5, 5.41) is 15.4. The van der Waals surface area contributed by atoms with Crippen molar-refractivity contribution in [3.8, 4) is 5.69 Å². The van der Waals surface area contributed by atoms with Crippen LogP contribution in [0.2, 0.25) is 0 Å². The Morgan fingerprint density at radius 3 is 2.68 bits per heavy atom. The molecule has 25 heavy (non-hydrogen) atoms. The number of nitrogens with zero attached hydrogens (tertiary/aromatic N) is 5. The van der Waals surface area contributed by atoms with Crippen molar-refractivity contribution in [1.82, 2.24) is 30.1 Å². The third-order valence-corrected chi connectivity index (χ3v) is 4.18. The van der Waals surface area contributed by atoms with Gasteiger partial charge in [0.05, 0.1) is 17.6 Å². The lowest BCUT2D eigenvalue weighted by Gasteiger charge is -2.08. The van der Waals surface area contributed by atoms with Gasteiger partial charge < -0.3 is 5.32 Å². The summed E-state index contributed by atoms with van der Waals surface area (Å²) in [6.07, 6.45) is 2.50. The average molecular weight is 338 g/mol. The number of nitrogens with one attached hydrogen (secondary N) is 1. The molecule has 3 aromatic rings. The molecule has 0 bridgehead atoms. The highest BCUT2D eigenvalue weighted by atomic mass is 16.2. The maximum atomic E-state index is 12.6. The maximum Gasteiger partial charge on any atom is 0.271 e. The minimum atomic E-state index is -0.212. The molecule has 0 aliphatic heterocycles. The molecule has 3 rings (SSSR count). The van der Waals surface area contributed by atoms with Crippen molar-refractivity contribution in [3.63, 3.8) is 0 Å². The second-order valence-corrected chi connectivity index (χ2v) is 5.92. The standard InChI is InChI=1S/C18H22N6O/c1-4-10-23-14(3)16(13(2)21-23)11-19-18(25)17-12-20-22-24(17)15-8-6-5-7-9-15/h5-9,12H,4,10-11H2,1-3H3,(H,19,25). The van der Waals surface area contributed by atoms with Gasteiger partial charge in [-0.05, 0) is 32.4 Å². The third kappa shape index (κ3) is 3.45. The monoisotopic (exact) mass is 338 g/mol. The molecule has 1 aromatic carbocycles. The van der Waals surface area contributed by atoms with Crippen LogP contribution in [0.1, 0.15) is 40.8 Å². The Labute approximate surface area is 146 Å². The number of hydrogen-bond acceptors (Lipinski definition) is 4. The van der Waals surface area contributed by atoms with Gasteiger partial charge in [0.1, 0.15) is 0 Å². The maximum absolute atomic E-state index is 12.6. The van der Waals surface area contributed by atoms with Crippen LogP contribution in [0.15, 0.2) is 36.5 Å². The van der Waals surface area contributed by atoms with Gasteiger partial charge in [0.2, 0.25) is 0 Å². The van der Waals surface area contributed by atoms with Crippen LogP contribution in [-0.4, -0.2) is 30.7 Å². The number of para-hydroxylation sites is 1. The second-order valence-electron chi connectivity index (χ2n) is 5.92. The predicted molar refractivity (Wildman–Crippen MR) is 94.5 cm³/mol. The Morgan fingerprint density at radius 1 is 1.20 bits per heavy atom. The van der Waals surface area contributed by atoms with E-state index in [1.165, 1.54) is 10.9 Å². The van der Waals surface area contributed by atoms with Crippen molar-refractivity contribution < 1.29 is 4.79 Å². The fraction of sp³-hybridized carbons (Fsp3) is 0.333. The predicted octanol–water partition coefficient (Wildman–Crippen LogP) is 2.42. The van der Waals surface area contributed by atoms with E-state index in [0.717, 1.165) is 35.6 Å². The summed E-state index contributed by atoms with van der Waals surface area (Å²) in [5.41, 5.74) is 4.30. The van der Waals surface area contributed by atoms with E-state index in [2.05, 4.69) is 27.7 Å². The first-order valence-electron chi connectivity index (χ1n) is 8.39. The smallest absolute Gasteiger partial charge is 0.271 e. The van der Waals surface area contributed by atoms with E-state index in [4.69, 9.17) is 0 Å². The fourth-order valence-corrected chi connectivity index (χ4v) is 2.83. The summed E-state index contributed by atoms with van der Waals surface area (Å²) >= 11 is 0. The van der Waals surface area contributed by atoms with Gasteiger partial charge in [-0.1, -0.05) is 30.3 Å². The molecule has 1 amide bonds. The quantitative estimate of drug-likeness (QED) is 0.749. The zero-order chi connectivity index (χ0) is 17.8. The molecular formula is C18H22N6O. The number of rotatable bonds is 6. The highest BCUT2D eigenvalue weighted by Gasteiger charge is 2.16. The number of carbonyl (C=O) groups excluding carboxylic acids is 1. The van der Waals surface area contributed by atoms with Gasteiger partial charge in [0.25, 0.3) is 5.91 Å². The van der Waals surface area contributed by atoms with Crippen LogP contribution in [-0.2, 0) is 13.1 Å². The lowest BCUT2D eigenvalue weighted by Crippen LogP contribution is -2.26. The largest absolute Gasteiger partial charge is 0.346 e. The molecule has 0 atom stereocenters. The molecule has 0 aliphatic carbocycles. The van der Waals surface area contributed by atoms with Crippen LogP contribution in [0.5, 0.6) is 0 Å². The van der Waals surface area contributed by atoms with Crippen molar-refractivity contribution in [3.05, 3.63) is 59.2 Å². The zero-order valence-electron chi connectivity index (χ0n) is 14.7. The Balaban J connectivity index is 1.76. The lowest BCUT2D eigenvalue weighted by atomic mass is 10.2. The van der Waals surface area contributed by atoms with E-state index in [9.17, 15) is 4.79 Å². The van der Waals surface area contributed by atoms with Crippen molar-refractivity contribution in [2.45, 2.75) is 40.3 Å². The van der Waals surface area contributed by atoms with Crippen LogP contribution in [0.25, 0.3) is 5.69 Å². The SMILES string of the molecule is CCCn1nc(C)c(CNC(=O)c2cnnn2-c2ccccc2)c1C. The normalized spacial score (nSPS) is 10.8. The van der Waals surface area contributed by atoms with Crippen LogP contribution < -0.4 is 5.32 Å². The first-order valence-corrected chi connectivity index (χ1v) is 8.39.